The van der Waals surface area contributed by atoms with Gasteiger partial charge in [0.1, 0.15) is 6.07 Å². The van der Waals surface area contributed by atoms with E-state index in [9.17, 15) is 0 Å². The molecule has 1 aromatic heterocycles. The van der Waals surface area contributed by atoms with Crippen molar-refractivity contribution >= 4 is 22.9 Å². The van der Waals surface area contributed by atoms with Crippen LogP contribution in [0.4, 0.5) is 22.9 Å². The third-order valence-electron chi connectivity index (χ3n) is 2.69. The van der Waals surface area contributed by atoms with Gasteiger partial charge in [0, 0.05) is 31.7 Å². The minimum absolute atomic E-state index is 0.450. The van der Waals surface area contributed by atoms with Crippen molar-refractivity contribution in [1.29, 1.82) is 5.26 Å². The van der Waals surface area contributed by atoms with Crippen molar-refractivity contribution in [1.82, 2.24) is 4.98 Å². The monoisotopic (exact) mass is 253 g/mol. The van der Waals surface area contributed by atoms with E-state index >= 15 is 0 Å². The fourth-order valence-corrected chi connectivity index (χ4v) is 1.63. The van der Waals surface area contributed by atoms with E-state index in [0.29, 0.717) is 17.1 Å². The van der Waals surface area contributed by atoms with Gasteiger partial charge in [-0.3, -0.25) is 0 Å². The molecule has 0 saturated heterocycles. The molecule has 0 aliphatic heterocycles. The van der Waals surface area contributed by atoms with E-state index in [1.165, 1.54) is 6.20 Å². The smallest absolute Gasteiger partial charge is 0.153 e. The van der Waals surface area contributed by atoms with E-state index in [1.54, 1.807) is 6.07 Å². The number of aromatic nitrogens is 1. The molecule has 0 amide bonds. The van der Waals surface area contributed by atoms with Gasteiger partial charge in [0.25, 0.3) is 0 Å². The van der Waals surface area contributed by atoms with E-state index in [0.717, 1.165) is 11.4 Å². The molecule has 2 aromatic rings. The molecule has 0 fully saturated rings. The van der Waals surface area contributed by atoms with Crippen LogP contribution in [0.1, 0.15) is 5.56 Å². The lowest BCUT2D eigenvalue weighted by Gasteiger charge is -2.13. The van der Waals surface area contributed by atoms with Crippen molar-refractivity contribution in [2.75, 3.05) is 30.0 Å². The highest BCUT2D eigenvalue weighted by Gasteiger charge is 2.03. The number of pyridine rings is 1. The van der Waals surface area contributed by atoms with Crippen LogP contribution in [-0.2, 0) is 0 Å². The van der Waals surface area contributed by atoms with Crippen molar-refractivity contribution in [3.8, 4) is 6.07 Å². The first-order chi connectivity index (χ1) is 9.10. The largest absolute Gasteiger partial charge is 0.396 e. The molecule has 0 radical (unpaired) electrons. The number of rotatable bonds is 3. The van der Waals surface area contributed by atoms with Crippen LogP contribution >= 0.6 is 0 Å². The number of hydrogen-bond acceptors (Lipinski definition) is 5. The summed E-state index contributed by atoms with van der Waals surface area (Å²) in [4.78, 5) is 6.16. The van der Waals surface area contributed by atoms with Crippen LogP contribution in [-0.4, -0.2) is 19.1 Å². The standard InChI is InChI=1S/C14H15N5/c1-19(2)12-5-3-11(4-6-12)18-14-13(16)7-10(8-15)9-17-14/h3-7,9H,16H2,1-2H3,(H,17,18). The maximum absolute atomic E-state index is 8.75. The normalized spacial score (nSPS) is 9.74. The molecular formula is C14H15N5. The van der Waals surface area contributed by atoms with Gasteiger partial charge in [-0.05, 0) is 30.3 Å². The van der Waals surface area contributed by atoms with Crippen molar-refractivity contribution in [2.24, 2.45) is 0 Å². The zero-order valence-corrected chi connectivity index (χ0v) is 10.9. The summed E-state index contributed by atoms with van der Waals surface area (Å²) in [6, 6.07) is 11.5. The molecule has 0 spiro atoms. The van der Waals surface area contributed by atoms with Crippen LogP contribution in [0.5, 0.6) is 0 Å². The average Bonchev–Trinajstić information content (AvgIpc) is 2.41. The molecule has 96 valence electrons. The zero-order valence-electron chi connectivity index (χ0n) is 10.9. The molecule has 2 rings (SSSR count). The van der Waals surface area contributed by atoms with E-state index < -0.39 is 0 Å². The Morgan fingerprint density at radius 1 is 1.26 bits per heavy atom. The van der Waals surface area contributed by atoms with Gasteiger partial charge in [0.2, 0.25) is 0 Å². The third-order valence-corrected chi connectivity index (χ3v) is 2.69. The molecule has 1 heterocycles. The van der Waals surface area contributed by atoms with Gasteiger partial charge in [-0.25, -0.2) is 4.98 Å². The van der Waals surface area contributed by atoms with Gasteiger partial charge in [-0.15, -0.1) is 0 Å². The van der Waals surface area contributed by atoms with Crippen molar-refractivity contribution in [3.63, 3.8) is 0 Å². The topological polar surface area (TPSA) is 78.0 Å². The van der Waals surface area contributed by atoms with Crippen LogP contribution in [0.2, 0.25) is 0 Å². The summed E-state index contributed by atoms with van der Waals surface area (Å²) >= 11 is 0. The summed E-state index contributed by atoms with van der Waals surface area (Å²) in [5.41, 5.74) is 8.76. The number of nitrogens with two attached hydrogens (primary N) is 1. The Labute approximate surface area is 112 Å². The molecule has 0 bridgehead atoms. The summed E-state index contributed by atoms with van der Waals surface area (Å²) in [5, 5.41) is 11.9. The van der Waals surface area contributed by atoms with E-state index in [2.05, 4.69) is 10.3 Å². The minimum Gasteiger partial charge on any atom is -0.396 e. The summed E-state index contributed by atoms with van der Waals surface area (Å²) in [7, 11) is 3.98. The minimum atomic E-state index is 0.450. The first-order valence-electron chi connectivity index (χ1n) is 5.80. The summed E-state index contributed by atoms with van der Waals surface area (Å²) in [6.45, 7) is 0. The van der Waals surface area contributed by atoms with Gasteiger partial charge in [0.05, 0.1) is 11.3 Å². The number of nitrogens with one attached hydrogen (secondary N) is 1. The summed E-state index contributed by atoms with van der Waals surface area (Å²) in [6.07, 6.45) is 1.49. The van der Waals surface area contributed by atoms with E-state index in [1.807, 2.05) is 49.3 Å². The molecule has 3 N–H and O–H groups in total. The molecule has 19 heavy (non-hydrogen) atoms. The Morgan fingerprint density at radius 2 is 1.95 bits per heavy atom. The molecule has 1 aromatic carbocycles. The van der Waals surface area contributed by atoms with Crippen LogP contribution in [0.25, 0.3) is 0 Å². The Balaban J connectivity index is 2.19. The SMILES string of the molecule is CN(C)c1ccc(Nc2ncc(C#N)cc2N)cc1. The third kappa shape index (κ3) is 2.93. The number of benzene rings is 1. The number of nitrogen functional groups attached to an aromatic ring is 1. The van der Waals surface area contributed by atoms with Crippen LogP contribution in [0.15, 0.2) is 36.5 Å². The number of hydrogen-bond donors (Lipinski definition) is 2. The fraction of sp³-hybridized carbons (Fsp3) is 0.143. The molecule has 5 nitrogen and oxygen atoms in total. The van der Waals surface area contributed by atoms with Gasteiger partial charge < -0.3 is 16.0 Å². The maximum Gasteiger partial charge on any atom is 0.153 e. The first-order valence-corrected chi connectivity index (χ1v) is 5.80. The highest BCUT2D eigenvalue weighted by molar-refractivity contribution is 5.70. The Kier molecular flexibility index (Phi) is 3.53. The van der Waals surface area contributed by atoms with Gasteiger partial charge in [-0.1, -0.05) is 0 Å². The van der Waals surface area contributed by atoms with Crippen LogP contribution in [0, 0.1) is 11.3 Å². The number of nitrogens with zero attached hydrogens (tertiary/aromatic N) is 3. The fourth-order valence-electron chi connectivity index (χ4n) is 1.63. The van der Waals surface area contributed by atoms with E-state index in [4.69, 9.17) is 11.0 Å². The summed E-state index contributed by atoms with van der Waals surface area (Å²) < 4.78 is 0. The van der Waals surface area contributed by atoms with Gasteiger partial charge >= 0.3 is 0 Å². The molecule has 0 unspecified atom stereocenters. The van der Waals surface area contributed by atoms with Gasteiger partial charge in [-0.2, -0.15) is 5.26 Å². The highest BCUT2D eigenvalue weighted by atomic mass is 15.1. The first kappa shape index (κ1) is 12.7. The zero-order chi connectivity index (χ0) is 13.8. The Bertz CT molecular complexity index is 611. The van der Waals surface area contributed by atoms with Crippen LogP contribution in [0.3, 0.4) is 0 Å². The predicted octanol–water partition coefficient (Wildman–Crippen LogP) is 2.35. The quantitative estimate of drug-likeness (QED) is 0.877. The molecule has 5 heteroatoms. The lowest BCUT2D eigenvalue weighted by Crippen LogP contribution is -2.08. The second-order valence-corrected chi connectivity index (χ2v) is 4.34. The Morgan fingerprint density at radius 3 is 2.47 bits per heavy atom. The van der Waals surface area contributed by atoms with Gasteiger partial charge in [0.15, 0.2) is 5.82 Å². The highest BCUT2D eigenvalue weighted by Crippen LogP contribution is 2.23. The Hall–Kier alpha value is -2.74. The van der Waals surface area contributed by atoms with Crippen molar-refractivity contribution < 1.29 is 0 Å². The van der Waals surface area contributed by atoms with E-state index in [-0.39, 0.29) is 0 Å². The molecule has 0 atom stereocenters. The number of nitriles is 1. The molecule has 0 saturated carbocycles. The predicted molar refractivity (Wildman–Crippen MR) is 77.4 cm³/mol. The van der Waals surface area contributed by atoms with Crippen molar-refractivity contribution in [2.45, 2.75) is 0 Å². The summed E-state index contributed by atoms with van der Waals surface area (Å²) in [5.74, 6) is 0.552. The molecule has 0 aliphatic rings. The average molecular weight is 253 g/mol. The second kappa shape index (κ2) is 5.27. The lowest BCUT2D eigenvalue weighted by molar-refractivity contribution is 1.13. The second-order valence-electron chi connectivity index (χ2n) is 4.34. The van der Waals surface area contributed by atoms with Crippen LogP contribution < -0.4 is 16.0 Å². The molecule has 0 aliphatic carbocycles. The number of anilines is 4. The molecular weight excluding hydrogens is 238 g/mol. The maximum atomic E-state index is 8.75. The lowest BCUT2D eigenvalue weighted by atomic mass is 10.2. The van der Waals surface area contributed by atoms with Crippen molar-refractivity contribution in [3.05, 3.63) is 42.1 Å².